The van der Waals surface area contributed by atoms with Crippen LogP contribution in [0.2, 0.25) is 0 Å². The van der Waals surface area contributed by atoms with E-state index < -0.39 is 0 Å². The van der Waals surface area contributed by atoms with Gasteiger partial charge >= 0.3 is 0 Å². The first-order valence-corrected chi connectivity index (χ1v) is 6.15. The molecule has 88 valence electrons. The lowest BCUT2D eigenvalue weighted by Gasteiger charge is -2.15. The predicted octanol–water partition coefficient (Wildman–Crippen LogP) is -0.00630. The molecule has 0 bridgehead atoms. The highest BCUT2D eigenvalue weighted by atomic mass is 32.1. The molecule has 2 N–H and O–H groups in total. The molecular weight excluding hydrogens is 226 g/mol. The molecule has 2 rings (SSSR count). The number of thiazole rings is 1. The minimum atomic E-state index is -0.0939. The van der Waals surface area contributed by atoms with Crippen molar-refractivity contribution in [2.45, 2.75) is 12.6 Å². The Morgan fingerprint density at radius 1 is 1.69 bits per heavy atom. The van der Waals surface area contributed by atoms with Crippen LogP contribution in [0.1, 0.15) is 5.69 Å². The van der Waals surface area contributed by atoms with E-state index in [0.29, 0.717) is 19.8 Å². The van der Waals surface area contributed by atoms with E-state index >= 15 is 0 Å². The second-order valence-corrected chi connectivity index (χ2v) is 4.46. The highest BCUT2D eigenvalue weighted by molar-refractivity contribution is 7.07. The van der Waals surface area contributed by atoms with Crippen LogP contribution in [0.3, 0.4) is 0 Å². The van der Waals surface area contributed by atoms with Gasteiger partial charge in [-0.3, -0.25) is 4.79 Å². The zero-order valence-corrected chi connectivity index (χ0v) is 9.92. The maximum Gasteiger partial charge on any atom is 0.227 e. The fourth-order valence-corrected chi connectivity index (χ4v) is 2.29. The number of nitrogens with zero attached hydrogens (tertiary/aromatic N) is 1. The molecule has 2 heterocycles. The lowest BCUT2D eigenvalue weighted by molar-refractivity contribution is -0.125. The lowest BCUT2D eigenvalue weighted by Crippen LogP contribution is -2.42. The second-order valence-electron chi connectivity index (χ2n) is 3.74. The van der Waals surface area contributed by atoms with Crippen LogP contribution in [0.25, 0.3) is 0 Å². The molecule has 6 heteroatoms. The van der Waals surface area contributed by atoms with Crippen LogP contribution < -0.4 is 10.6 Å². The molecule has 2 atom stereocenters. The SMILES string of the molecule is CNC1COCC1C(=O)NCc1cscn1. The van der Waals surface area contributed by atoms with Crippen LogP contribution in [-0.2, 0) is 16.1 Å². The molecular formula is C10H15N3O2S. The van der Waals surface area contributed by atoms with E-state index in [9.17, 15) is 4.79 Å². The zero-order chi connectivity index (χ0) is 11.4. The number of nitrogens with one attached hydrogen (secondary N) is 2. The van der Waals surface area contributed by atoms with Crippen molar-refractivity contribution >= 4 is 17.2 Å². The molecule has 1 saturated heterocycles. The summed E-state index contributed by atoms with van der Waals surface area (Å²) in [4.78, 5) is 16.0. The van der Waals surface area contributed by atoms with Gasteiger partial charge in [0.05, 0.1) is 36.9 Å². The van der Waals surface area contributed by atoms with Gasteiger partial charge in [-0.05, 0) is 7.05 Å². The summed E-state index contributed by atoms with van der Waals surface area (Å²) in [6.07, 6.45) is 0. The van der Waals surface area contributed by atoms with Gasteiger partial charge < -0.3 is 15.4 Å². The van der Waals surface area contributed by atoms with Crippen molar-refractivity contribution in [1.29, 1.82) is 0 Å². The summed E-state index contributed by atoms with van der Waals surface area (Å²) in [5.74, 6) is -0.0616. The molecule has 16 heavy (non-hydrogen) atoms. The number of rotatable bonds is 4. The van der Waals surface area contributed by atoms with Crippen LogP contribution >= 0.6 is 11.3 Å². The number of carbonyl (C=O) groups is 1. The second kappa shape index (κ2) is 5.38. The van der Waals surface area contributed by atoms with E-state index in [0.717, 1.165) is 5.69 Å². The quantitative estimate of drug-likeness (QED) is 0.778. The topological polar surface area (TPSA) is 63.2 Å². The molecule has 2 unspecified atom stereocenters. The third-order valence-electron chi connectivity index (χ3n) is 2.72. The van der Waals surface area contributed by atoms with E-state index in [1.807, 2.05) is 12.4 Å². The molecule has 0 saturated carbocycles. The third kappa shape index (κ3) is 2.58. The zero-order valence-electron chi connectivity index (χ0n) is 9.10. The number of carbonyl (C=O) groups excluding carboxylic acids is 1. The van der Waals surface area contributed by atoms with Gasteiger partial charge in [-0.2, -0.15) is 0 Å². The Kier molecular flexibility index (Phi) is 3.87. The largest absolute Gasteiger partial charge is 0.379 e. The molecule has 0 aromatic carbocycles. The molecule has 1 aliphatic heterocycles. The van der Waals surface area contributed by atoms with Crippen molar-refractivity contribution in [2.75, 3.05) is 20.3 Å². The molecule has 1 aromatic rings. The van der Waals surface area contributed by atoms with Gasteiger partial charge in [-0.15, -0.1) is 11.3 Å². The predicted molar refractivity (Wildman–Crippen MR) is 61.1 cm³/mol. The van der Waals surface area contributed by atoms with Crippen LogP contribution in [0, 0.1) is 5.92 Å². The summed E-state index contributed by atoms with van der Waals surface area (Å²) in [7, 11) is 1.85. The average Bonchev–Trinajstić information content (AvgIpc) is 2.96. The first kappa shape index (κ1) is 11.5. The van der Waals surface area contributed by atoms with Gasteiger partial charge in [-0.1, -0.05) is 0 Å². The highest BCUT2D eigenvalue weighted by Gasteiger charge is 2.32. The maximum absolute atomic E-state index is 11.9. The number of likely N-dealkylation sites (N-methyl/N-ethyl adjacent to an activating group) is 1. The van der Waals surface area contributed by atoms with E-state index in [2.05, 4.69) is 15.6 Å². The monoisotopic (exact) mass is 241 g/mol. The van der Waals surface area contributed by atoms with E-state index in [4.69, 9.17) is 4.74 Å². The van der Waals surface area contributed by atoms with Gasteiger partial charge in [0.1, 0.15) is 0 Å². The van der Waals surface area contributed by atoms with Crippen molar-refractivity contribution < 1.29 is 9.53 Å². The van der Waals surface area contributed by atoms with Crippen molar-refractivity contribution in [2.24, 2.45) is 5.92 Å². The van der Waals surface area contributed by atoms with Gasteiger partial charge in [0.2, 0.25) is 5.91 Å². The number of hydrogen-bond acceptors (Lipinski definition) is 5. The lowest BCUT2D eigenvalue weighted by atomic mass is 10.0. The Morgan fingerprint density at radius 2 is 2.56 bits per heavy atom. The minimum Gasteiger partial charge on any atom is -0.379 e. The van der Waals surface area contributed by atoms with E-state index in [1.165, 1.54) is 11.3 Å². The first-order valence-electron chi connectivity index (χ1n) is 5.21. The number of aromatic nitrogens is 1. The Hall–Kier alpha value is -0.980. The van der Waals surface area contributed by atoms with Crippen LogP contribution in [-0.4, -0.2) is 37.2 Å². The number of ether oxygens (including phenoxy) is 1. The molecule has 0 spiro atoms. The normalized spacial score (nSPS) is 24.6. The summed E-state index contributed by atoms with van der Waals surface area (Å²) in [6, 6.07) is 0.121. The van der Waals surface area contributed by atoms with Crippen LogP contribution in [0.5, 0.6) is 0 Å². The summed E-state index contributed by atoms with van der Waals surface area (Å²) >= 11 is 1.53. The first-order chi connectivity index (χ1) is 7.81. The molecule has 1 amide bonds. The molecule has 0 radical (unpaired) electrons. The van der Waals surface area contributed by atoms with Gasteiger partial charge in [0, 0.05) is 11.4 Å². The highest BCUT2D eigenvalue weighted by Crippen LogP contribution is 2.13. The molecule has 5 nitrogen and oxygen atoms in total. The smallest absolute Gasteiger partial charge is 0.227 e. The van der Waals surface area contributed by atoms with Crippen LogP contribution in [0.4, 0.5) is 0 Å². The maximum atomic E-state index is 11.9. The minimum absolute atomic E-state index is 0.0323. The van der Waals surface area contributed by atoms with Crippen molar-refractivity contribution in [3.05, 3.63) is 16.6 Å². The Labute approximate surface area is 98.2 Å². The Bertz CT molecular complexity index is 342. The third-order valence-corrected chi connectivity index (χ3v) is 3.35. The van der Waals surface area contributed by atoms with Gasteiger partial charge in [-0.25, -0.2) is 4.98 Å². The summed E-state index contributed by atoms with van der Waals surface area (Å²) in [5.41, 5.74) is 2.66. The molecule has 1 aliphatic rings. The average molecular weight is 241 g/mol. The Morgan fingerprint density at radius 3 is 3.25 bits per heavy atom. The van der Waals surface area contributed by atoms with E-state index in [-0.39, 0.29) is 17.9 Å². The molecule has 1 fully saturated rings. The van der Waals surface area contributed by atoms with Crippen molar-refractivity contribution in [3.63, 3.8) is 0 Å². The van der Waals surface area contributed by atoms with Crippen LogP contribution in [0.15, 0.2) is 10.9 Å². The summed E-state index contributed by atoms with van der Waals surface area (Å²) < 4.78 is 5.28. The number of hydrogen-bond donors (Lipinski definition) is 2. The molecule has 0 aliphatic carbocycles. The van der Waals surface area contributed by atoms with Crippen molar-refractivity contribution in [3.8, 4) is 0 Å². The van der Waals surface area contributed by atoms with Gasteiger partial charge in [0.15, 0.2) is 0 Å². The fraction of sp³-hybridized carbons (Fsp3) is 0.600. The molecule has 1 aromatic heterocycles. The standard InChI is InChI=1S/C10H15N3O2S/c1-11-9-4-15-3-8(9)10(14)12-2-7-5-16-6-13-7/h5-6,8-9,11H,2-4H2,1H3,(H,12,14). The number of amides is 1. The summed E-state index contributed by atoms with van der Waals surface area (Å²) in [6.45, 7) is 1.59. The Balaban J connectivity index is 1.83. The summed E-state index contributed by atoms with van der Waals surface area (Å²) in [5, 5.41) is 7.90. The van der Waals surface area contributed by atoms with Crippen molar-refractivity contribution in [1.82, 2.24) is 15.6 Å². The van der Waals surface area contributed by atoms with E-state index in [1.54, 1.807) is 5.51 Å². The fourth-order valence-electron chi connectivity index (χ4n) is 1.73. The van der Waals surface area contributed by atoms with Gasteiger partial charge in [0.25, 0.3) is 0 Å².